The van der Waals surface area contributed by atoms with Crippen molar-refractivity contribution in [1.29, 1.82) is 0 Å². The monoisotopic (exact) mass is 208 g/mol. The summed E-state index contributed by atoms with van der Waals surface area (Å²) >= 11 is 0. The maximum Gasteiger partial charge on any atom is 0.155 e. The second kappa shape index (κ2) is 5.48. The first kappa shape index (κ1) is 12.5. The molecule has 0 aliphatic heterocycles. The highest BCUT2D eigenvalue weighted by Crippen LogP contribution is 2.44. The van der Waals surface area contributed by atoms with Gasteiger partial charge in [-0.3, -0.25) is 4.79 Å². The van der Waals surface area contributed by atoms with E-state index in [1.54, 1.807) is 6.92 Å². The molecule has 15 heavy (non-hydrogen) atoms. The van der Waals surface area contributed by atoms with Crippen molar-refractivity contribution in [2.24, 2.45) is 5.41 Å². The molecule has 1 fully saturated rings. The van der Waals surface area contributed by atoms with Gasteiger partial charge in [0.15, 0.2) is 5.78 Å². The van der Waals surface area contributed by atoms with E-state index in [9.17, 15) is 4.79 Å². The molecule has 0 aromatic heterocycles. The zero-order valence-electron chi connectivity index (χ0n) is 10.4. The van der Waals surface area contributed by atoms with Gasteiger partial charge < -0.3 is 0 Å². The van der Waals surface area contributed by atoms with Gasteiger partial charge in [-0.15, -0.1) is 0 Å². The molecule has 0 heterocycles. The molecule has 0 unspecified atom stereocenters. The maximum atomic E-state index is 11.3. The summed E-state index contributed by atoms with van der Waals surface area (Å²) in [6.45, 7) is 5.88. The van der Waals surface area contributed by atoms with Gasteiger partial charge >= 0.3 is 0 Å². The third-order valence-corrected chi connectivity index (χ3v) is 3.71. The first-order valence-electron chi connectivity index (χ1n) is 6.30. The first-order chi connectivity index (χ1) is 7.09. The lowest BCUT2D eigenvalue weighted by Crippen LogP contribution is -2.14. The highest BCUT2D eigenvalue weighted by molar-refractivity contribution is 5.92. The van der Waals surface area contributed by atoms with E-state index in [0.29, 0.717) is 5.41 Å². The van der Waals surface area contributed by atoms with Crippen LogP contribution in [0.4, 0.5) is 0 Å². The standard InChI is InChI=1S/C14H24O/c1-4-5-8-14(9-6-7-10-14)11-12(2)13(3)15/h11H,4-10H2,1-3H3/b12-11+. The molecule has 0 bridgehead atoms. The van der Waals surface area contributed by atoms with Crippen LogP contribution in [0.25, 0.3) is 0 Å². The average molecular weight is 208 g/mol. The third kappa shape index (κ3) is 3.48. The molecule has 0 atom stereocenters. The van der Waals surface area contributed by atoms with Gasteiger partial charge in [-0.1, -0.05) is 38.7 Å². The van der Waals surface area contributed by atoms with Gasteiger partial charge in [0.05, 0.1) is 0 Å². The molecule has 0 amide bonds. The Bertz CT molecular complexity index is 244. The number of ketones is 1. The largest absolute Gasteiger partial charge is 0.295 e. The fourth-order valence-electron chi connectivity index (χ4n) is 2.64. The summed E-state index contributed by atoms with van der Waals surface area (Å²) < 4.78 is 0. The molecule has 1 heteroatoms. The van der Waals surface area contributed by atoms with Gasteiger partial charge in [0.25, 0.3) is 0 Å². The molecule has 1 aliphatic rings. The predicted octanol–water partition coefficient (Wildman–Crippen LogP) is 4.27. The van der Waals surface area contributed by atoms with Gasteiger partial charge in [0.2, 0.25) is 0 Å². The van der Waals surface area contributed by atoms with E-state index < -0.39 is 0 Å². The molecule has 0 aromatic carbocycles. The summed E-state index contributed by atoms with van der Waals surface area (Å²) in [7, 11) is 0. The first-order valence-corrected chi connectivity index (χ1v) is 6.30. The fourth-order valence-corrected chi connectivity index (χ4v) is 2.64. The van der Waals surface area contributed by atoms with Crippen LogP contribution in [-0.4, -0.2) is 5.78 Å². The molecule has 0 N–H and O–H groups in total. The van der Waals surface area contributed by atoms with E-state index in [-0.39, 0.29) is 5.78 Å². The van der Waals surface area contributed by atoms with Crippen molar-refractivity contribution < 1.29 is 4.79 Å². The Labute approximate surface area is 93.9 Å². The number of carbonyl (C=O) groups is 1. The molecular formula is C14H24O. The van der Waals surface area contributed by atoms with Crippen molar-refractivity contribution in [2.75, 3.05) is 0 Å². The Morgan fingerprint density at radius 1 is 1.27 bits per heavy atom. The number of hydrogen-bond donors (Lipinski definition) is 0. The average Bonchev–Trinajstić information content (AvgIpc) is 2.64. The van der Waals surface area contributed by atoms with Gasteiger partial charge in [0.1, 0.15) is 0 Å². The van der Waals surface area contributed by atoms with Crippen LogP contribution in [0.1, 0.15) is 65.7 Å². The van der Waals surface area contributed by atoms with Gasteiger partial charge in [0, 0.05) is 0 Å². The Hall–Kier alpha value is -0.590. The van der Waals surface area contributed by atoms with Gasteiger partial charge in [-0.25, -0.2) is 0 Å². The smallest absolute Gasteiger partial charge is 0.155 e. The second-order valence-corrected chi connectivity index (χ2v) is 5.06. The van der Waals surface area contributed by atoms with Crippen LogP contribution in [0.2, 0.25) is 0 Å². The Kier molecular flexibility index (Phi) is 4.56. The number of Topliss-reactive ketones (excluding diaryl/α,β-unsaturated/α-hetero) is 1. The molecule has 0 spiro atoms. The quantitative estimate of drug-likeness (QED) is 0.616. The molecule has 0 radical (unpaired) electrons. The Balaban J connectivity index is 2.72. The molecule has 1 rings (SSSR count). The number of rotatable bonds is 5. The second-order valence-electron chi connectivity index (χ2n) is 5.06. The molecular weight excluding hydrogens is 184 g/mol. The van der Waals surface area contributed by atoms with E-state index in [1.807, 2.05) is 6.92 Å². The summed E-state index contributed by atoms with van der Waals surface area (Å²) in [5, 5.41) is 0. The normalized spacial score (nSPS) is 20.6. The number of carbonyl (C=O) groups excluding carboxylic acids is 1. The van der Waals surface area contributed by atoms with Gasteiger partial charge in [-0.2, -0.15) is 0 Å². The Morgan fingerprint density at radius 3 is 2.33 bits per heavy atom. The van der Waals surface area contributed by atoms with Crippen molar-refractivity contribution >= 4 is 5.78 Å². The summed E-state index contributed by atoms with van der Waals surface area (Å²) in [6, 6.07) is 0. The Morgan fingerprint density at radius 2 is 1.87 bits per heavy atom. The summed E-state index contributed by atoms with van der Waals surface area (Å²) in [6.07, 6.45) is 11.4. The zero-order chi connectivity index (χ0) is 11.3. The number of hydrogen-bond acceptors (Lipinski definition) is 1. The molecule has 0 aromatic rings. The SMILES string of the molecule is CCCCC1(/C=C(\C)C(C)=O)CCCC1. The van der Waals surface area contributed by atoms with Crippen LogP contribution >= 0.6 is 0 Å². The summed E-state index contributed by atoms with van der Waals surface area (Å²) in [5.74, 6) is 0.234. The van der Waals surface area contributed by atoms with Crippen LogP contribution in [0.3, 0.4) is 0 Å². The predicted molar refractivity (Wildman–Crippen MR) is 64.9 cm³/mol. The lowest BCUT2D eigenvalue weighted by Gasteiger charge is -2.25. The fraction of sp³-hybridized carbons (Fsp3) is 0.786. The van der Waals surface area contributed by atoms with Crippen LogP contribution in [0.5, 0.6) is 0 Å². The van der Waals surface area contributed by atoms with Crippen LogP contribution in [-0.2, 0) is 4.79 Å². The molecule has 1 saturated carbocycles. The van der Waals surface area contributed by atoms with Crippen LogP contribution in [0, 0.1) is 5.41 Å². The minimum atomic E-state index is 0.234. The van der Waals surface area contributed by atoms with Crippen molar-refractivity contribution in [2.45, 2.75) is 65.7 Å². The summed E-state index contributed by atoms with van der Waals surface area (Å²) in [4.78, 5) is 11.3. The van der Waals surface area contributed by atoms with Crippen molar-refractivity contribution in [1.82, 2.24) is 0 Å². The van der Waals surface area contributed by atoms with Crippen LogP contribution in [0.15, 0.2) is 11.6 Å². The lowest BCUT2D eigenvalue weighted by atomic mass is 9.79. The number of allylic oxidation sites excluding steroid dienone is 2. The molecule has 1 nitrogen and oxygen atoms in total. The molecule has 86 valence electrons. The van der Waals surface area contributed by atoms with E-state index in [2.05, 4.69) is 13.0 Å². The highest BCUT2D eigenvalue weighted by atomic mass is 16.1. The maximum absolute atomic E-state index is 11.3. The van der Waals surface area contributed by atoms with Crippen LogP contribution < -0.4 is 0 Å². The van der Waals surface area contributed by atoms with Crippen molar-refractivity contribution in [3.05, 3.63) is 11.6 Å². The van der Waals surface area contributed by atoms with E-state index in [1.165, 1.54) is 44.9 Å². The summed E-state index contributed by atoms with van der Waals surface area (Å²) in [5.41, 5.74) is 1.33. The topological polar surface area (TPSA) is 17.1 Å². The third-order valence-electron chi connectivity index (χ3n) is 3.71. The van der Waals surface area contributed by atoms with Crippen molar-refractivity contribution in [3.63, 3.8) is 0 Å². The molecule has 1 aliphatic carbocycles. The molecule has 0 saturated heterocycles. The number of unbranched alkanes of at least 4 members (excludes halogenated alkanes) is 1. The lowest BCUT2D eigenvalue weighted by molar-refractivity contribution is -0.113. The zero-order valence-corrected chi connectivity index (χ0v) is 10.4. The van der Waals surface area contributed by atoms with E-state index in [4.69, 9.17) is 0 Å². The minimum absolute atomic E-state index is 0.234. The van der Waals surface area contributed by atoms with E-state index in [0.717, 1.165) is 5.57 Å². The van der Waals surface area contributed by atoms with Gasteiger partial charge in [-0.05, 0) is 44.1 Å². The minimum Gasteiger partial charge on any atom is -0.295 e. The highest BCUT2D eigenvalue weighted by Gasteiger charge is 2.31. The van der Waals surface area contributed by atoms with Crippen molar-refractivity contribution in [3.8, 4) is 0 Å². The van der Waals surface area contributed by atoms with E-state index >= 15 is 0 Å².